The molecular weight excluding hydrogens is 859 g/mol. The van der Waals surface area contributed by atoms with Crippen molar-refractivity contribution in [1.82, 2.24) is 0 Å². The van der Waals surface area contributed by atoms with Crippen molar-refractivity contribution in [2.24, 2.45) is 0 Å². The first-order valence-corrected chi connectivity index (χ1v) is 23.6. The largest absolute Gasteiger partial charge is 0.310 e. The maximum absolute atomic E-state index is 14.3. The SMILES string of the molecule is Fc1ccc(-c2ccc3c(c2)c2cc4c5ccc(N(c6ccccc6)c6ccccc6)cc5c5ccc(-c6ccc(F)cc6)cc5c4cc2c2ccc(N(c4ccccc4)c4ccccc4)cc32)cc1. The van der Waals surface area contributed by atoms with Gasteiger partial charge in [-0.05, 0) is 208 Å². The second kappa shape index (κ2) is 16.9. The van der Waals surface area contributed by atoms with Crippen LogP contribution in [0.15, 0.2) is 255 Å². The molecule has 0 spiro atoms. The van der Waals surface area contributed by atoms with E-state index in [0.29, 0.717) is 0 Å². The van der Waals surface area contributed by atoms with Crippen molar-refractivity contribution < 1.29 is 8.78 Å². The van der Waals surface area contributed by atoms with E-state index in [2.05, 4.69) is 192 Å². The molecule has 0 bridgehead atoms. The molecule has 13 rings (SSSR count). The standard InChI is InChI=1S/C66H42F2N2/c67-47-27-21-43(22-28-47)45-25-33-55-59(37-45)65-42-64-58-36-32-54(70(51-17-9-3-10-18-51)52-19-11-4-12-20-52)40-62(58)56-34-26-46(44-23-29-48(68)30-24-44)38-60(56)66(64)41-63(65)57-35-31-53(39-61(55)57)69(49-13-5-1-6-14-49)50-15-7-2-8-16-50/h1-42H. The molecule has 70 heavy (non-hydrogen) atoms. The van der Waals surface area contributed by atoms with Gasteiger partial charge in [-0.15, -0.1) is 0 Å². The molecular formula is C66H42F2N2. The minimum atomic E-state index is -0.262. The number of halogens is 2. The van der Waals surface area contributed by atoms with Crippen molar-refractivity contribution in [3.63, 3.8) is 0 Å². The Labute approximate surface area is 404 Å². The molecule has 2 nitrogen and oxygen atoms in total. The van der Waals surface area contributed by atoms with Crippen LogP contribution in [0.3, 0.4) is 0 Å². The number of anilines is 6. The monoisotopic (exact) mass is 900 g/mol. The summed E-state index contributed by atoms with van der Waals surface area (Å²) in [6.07, 6.45) is 0. The third kappa shape index (κ3) is 7.08. The van der Waals surface area contributed by atoms with E-state index < -0.39 is 0 Å². The molecule has 0 N–H and O–H groups in total. The lowest BCUT2D eigenvalue weighted by Crippen LogP contribution is -2.09. The zero-order valence-corrected chi connectivity index (χ0v) is 37.9. The van der Waals surface area contributed by atoms with Crippen molar-refractivity contribution >= 4 is 98.8 Å². The van der Waals surface area contributed by atoms with Crippen molar-refractivity contribution in [2.75, 3.05) is 9.80 Å². The van der Waals surface area contributed by atoms with Gasteiger partial charge < -0.3 is 9.80 Å². The highest BCUT2D eigenvalue weighted by molar-refractivity contribution is 6.33. The van der Waals surface area contributed by atoms with Gasteiger partial charge in [0, 0.05) is 34.1 Å². The number of nitrogens with zero attached hydrogens (tertiary/aromatic N) is 2. The highest BCUT2D eigenvalue weighted by atomic mass is 19.1. The topological polar surface area (TPSA) is 6.48 Å². The number of fused-ring (bicyclic) bond motifs is 12. The summed E-state index contributed by atoms with van der Waals surface area (Å²) in [7, 11) is 0. The number of hydrogen-bond acceptors (Lipinski definition) is 2. The summed E-state index contributed by atoms with van der Waals surface area (Å²) in [5.74, 6) is -0.524. The molecule has 0 unspecified atom stereocenters. The Morgan fingerprint density at radius 3 is 0.771 bits per heavy atom. The van der Waals surface area contributed by atoms with Crippen LogP contribution in [-0.4, -0.2) is 0 Å². The first-order chi connectivity index (χ1) is 34.5. The van der Waals surface area contributed by atoms with E-state index in [4.69, 9.17) is 0 Å². The molecule has 13 aromatic rings. The minimum Gasteiger partial charge on any atom is -0.310 e. The van der Waals surface area contributed by atoms with E-state index in [-0.39, 0.29) is 11.6 Å². The zero-order valence-electron chi connectivity index (χ0n) is 37.9. The molecule has 0 aromatic heterocycles. The lowest BCUT2D eigenvalue weighted by Gasteiger charge is -2.26. The van der Waals surface area contributed by atoms with Gasteiger partial charge in [-0.1, -0.05) is 133 Å². The maximum Gasteiger partial charge on any atom is 0.123 e. The molecule has 0 saturated carbocycles. The van der Waals surface area contributed by atoms with Crippen molar-refractivity contribution in [3.05, 3.63) is 266 Å². The lowest BCUT2D eigenvalue weighted by atomic mass is 9.86. The zero-order chi connectivity index (χ0) is 46.7. The molecule has 0 saturated heterocycles. The normalized spacial score (nSPS) is 11.6. The summed E-state index contributed by atoms with van der Waals surface area (Å²) >= 11 is 0. The van der Waals surface area contributed by atoms with Gasteiger partial charge in [0.05, 0.1) is 0 Å². The first-order valence-electron chi connectivity index (χ1n) is 23.6. The third-order valence-electron chi connectivity index (χ3n) is 13.9. The van der Waals surface area contributed by atoms with Crippen LogP contribution in [0.25, 0.3) is 86.9 Å². The summed E-state index contributed by atoms with van der Waals surface area (Å²) in [5.41, 5.74) is 10.3. The van der Waals surface area contributed by atoms with Crippen LogP contribution in [0.2, 0.25) is 0 Å². The van der Waals surface area contributed by atoms with Gasteiger partial charge in [-0.3, -0.25) is 0 Å². The molecule has 13 aromatic carbocycles. The smallest absolute Gasteiger partial charge is 0.123 e. The predicted octanol–water partition coefficient (Wildman–Crippen LogP) is 19.2. The predicted molar refractivity (Wildman–Crippen MR) is 292 cm³/mol. The molecule has 330 valence electrons. The summed E-state index contributed by atoms with van der Waals surface area (Å²) in [6.45, 7) is 0. The summed E-state index contributed by atoms with van der Waals surface area (Å²) in [6, 6.07) is 87.4. The van der Waals surface area contributed by atoms with Crippen LogP contribution >= 0.6 is 0 Å². The average molecular weight is 901 g/mol. The van der Waals surface area contributed by atoms with Gasteiger partial charge in [0.25, 0.3) is 0 Å². The molecule has 0 heterocycles. The first kappa shape index (κ1) is 41.1. The molecule has 0 amide bonds. The Kier molecular flexibility index (Phi) is 9.91. The van der Waals surface area contributed by atoms with Crippen LogP contribution in [0.1, 0.15) is 0 Å². The molecule has 0 radical (unpaired) electrons. The fraction of sp³-hybridized carbons (Fsp3) is 0. The molecule has 0 atom stereocenters. The number of hydrogen-bond donors (Lipinski definition) is 0. The van der Waals surface area contributed by atoms with Gasteiger partial charge in [0.15, 0.2) is 0 Å². The fourth-order valence-corrected chi connectivity index (χ4v) is 10.6. The van der Waals surface area contributed by atoms with Gasteiger partial charge >= 0.3 is 0 Å². The number of benzene rings is 13. The quantitative estimate of drug-likeness (QED) is 0.111. The summed E-state index contributed by atoms with van der Waals surface area (Å²) < 4.78 is 28.7. The Morgan fingerprint density at radius 2 is 0.443 bits per heavy atom. The second-order valence-corrected chi connectivity index (χ2v) is 18.0. The Bertz CT molecular complexity index is 3750. The van der Waals surface area contributed by atoms with E-state index in [9.17, 15) is 8.78 Å². The van der Waals surface area contributed by atoms with Crippen LogP contribution in [0, 0.1) is 11.6 Å². The van der Waals surface area contributed by atoms with Crippen LogP contribution < -0.4 is 9.80 Å². The third-order valence-corrected chi connectivity index (χ3v) is 13.9. The highest BCUT2D eigenvalue weighted by Gasteiger charge is 2.20. The fourth-order valence-electron chi connectivity index (χ4n) is 10.6. The molecule has 0 aliphatic heterocycles. The highest BCUT2D eigenvalue weighted by Crippen LogP contribution is 2.47. The maximum atomic E-state index is 14.3. The second-order valence-electron chi connectivity index (χ2n) is 18.0. The van der Waals surface area contributed by atoms with E-state index in [1.165, 1.54) is 24.3 Å². The molecule has 0 aliphatic carbocycles. The van der Waals surface area contributed by atoms with E-state index >= 15 is 0 Å². The van der Waals surface area contributed by atoms with Crippen LogP contribution in [0.5, 0.6) is 0 Å². The van der Waals surface area contributed by atoms with E-state index in [0.717, 1.165) is 121 Å². The van der Waals surface area contributed by atoms with Crippen molar-refractivity contribution in [2.45, 2.75) is 0 Å². The van der Waals surface area contributed by atoms with E-state index in [1.54, 1.807) is 0 Å². The van der Waals surface area contributed by atoms with Crippen LogP contribution in [0.4, 0.5) is 42.9 Å². The lowest BCUT2D eigenvalue weighted by molar-refractivity contribution is 0.627. The minimum absolute atomic E-state index is 0.262. The van der Waals surface area contributed by atoms with Crippen LogP contribution in [-0.2, 0) is 0 Å². The van der Waals surface area contributed by atoms with Gasteiger partial charge in [0.2, 0.25) is 0 Å². The van der Waals surface area contributed by atoms with Crippen molar-refractivity contribution in [3.8, 4) is 22.3 Å². The number of para-hydroxylation sites is 4. The van der Waals surface area contributed by atoms with Gasteiger partial charge in [-0.2, -0.15) is 0 Å². The van der Waals surface area contributed by atoms with Crippen molar-refractivity contribution in [1.29, 1.82) is 0 Å². The van der Waals surface area contributed by atoms with Gasteiger partial charge in [0.1, 0.15) is 11.6 Å². The molecule has 0 aliphatic rings. The number of rotatable bonds is 8. The summed E-state index contributed by atoms with van der Waals surface area (Å²) in [4.78, 5) is 4.62. The Balaban J connectivity index is 1.13. The molecule has 0 fully saturated rings. The Hall–Kier alpha value is -9.12. The molecule has 4 heteroatoms. The average Bonchev–Trinajstić information content (AvgIpc) is 3.42. The van der Waals surface area contributed by atoms with Gasteiger partial charge in [-0.25, -0.2) is 8.78 Å². The summed E-state index contributed by atoms with van der Waals surface area (Å²) in [5, 5.41) is 13.5. The van der Waals surface area contributed by atoms with E-state index in [1.807, 2.05) is 48.5 Å². The Morgan fingerprint density at radius 1 is 0.186 bits per heavy atom.